The molecule has 3 aromatic rings. The molecule has 0 unspecified atom stereocenters. The van der Waals surface area contributed by atoms with Crippen LogP contribution in [0.15, 0.2) is 18.2 Å². The lowest BCUT2D eigenvalue weighted by Crippen LogP contribution is -2.29. The first-order chi connectivity index (χ1) is 15.1. The number of carbonyl (C=O) groups is 1. The number of methoxy groups -OCH3 is 1. The zero-order chi connectivity index (χ0) is 23.2. The molecule has 0 amide bonds. The lowest BCUT2D eigenvalue weighted by molar-refractivity contribution is -0.164. The van der Waals surface area contributed by atoms with Gasteiger partial charge in [-0.05, 0) is 77.1 Å². The number of halogens is 1. The number of ether oxygens (including phenoxy) is 2. The summed E-state index contributed by atoms with van der Waals surface area (Å²) >= 11 is 7.85. The van der Waals surface area contributed by atoms with Gasteiger partial charge in [0.15, 0.2) is 6.10 Å². The number of fused-ring (bicyclic) bond motifs is 3. The maximum Gasteiger partial charge on any atom is 0.339 e. The van der Waals surface area contributed by atoms with E-state index in [2.05, 4.69) is 0 Å². The Morgan fingerprint density at radius 2 is 1.97 bits per heavy atom. The van der Waals surface area contributed by atoms with Crippen LogP contribution in [0.25, 0.3) is 21.3 Å². The number of pyridine rings is 1. The van der Waals surface area contributed by atoms with Gasteiger partial charge in [0.25, 0.3) is 0 Å². The van der Waals surface area contributed by atoms with E-state index in [1.54, 1.807) is 23.5 Å². The first-order valence-corrected chi connectivity index (χ1v) is 12.0. The lowest BCUT2D eigenvalue weighted by atomic mass is 9.87. The van der Waals surface area contributed by atoms with Gasteiger partial charge in [-0.1, -0.05) is 11.6 Å². The van der Waals surface area contributed by atoms with Gasteiger partial charge in [-0.25, -0.2) is 9.78 Å². The Balaban J connectivity index is 2.12. The number of thiophene rings is 1. The van der Waals surface area contributed by atoms with Crippen LogP contribution >= 0.6 is 22.9 Å². The maximum atomic E-state index is 13.0. The molecule has 7 heteroatoms. The molecule has 170 valence electrons. The molecule has 2 aromatic heterocycles. The summed E-state index contributed by atoms with van der Waals surface area (Å²) in [4.78, 5) is 20.1. The van der Waals surface area contributed by atoms with Gasteiger partial charge in [-0.3, -0.25) is 0 Å². The predicted octanol–water partition coefficient (Wildman–Crippen LogP) is 6.54. The summed E-state index contributed by atoms with van der Waals surface area (Å²) in [6.45, 7) is 7.58. The van der Waals surface area contributed by atoms with E-state index < -0.39 is 17.7 Å². The number of esters is 1. The molecule has 2 heterocycles. The van der Waals surface area contributed by atoms with Crippen molar-refractivity contribution in [1.29, 1.82) is 0 Å². The van der Waals surface area contributed by atoms with Crippen LogP contribution in [0.5, 0.6) is 5.75 Å². The van der Waals surface area contributed by atoms with Gasteiger partial charge in [-0.2, -0.15) is 0 Å². The largest absolute Gasteiger partial charge is 0.507 e. The Hall–Kier alpha value is -2.15. The first-order valence-electron chi connectivity index (χ1n) is 10.8. The highest BCUT2D eigenvalue weighted by Crippen LogP contribution is 2.48. The van der Waals surface area contributed by atoms with Gasteiger partial charge < -0.3 is 14.6 Å². The van der Waals surface area contributed by atoms with Crippen LogP contribution in [0, 0.1) is 6.92 Å². The van der Waals surface area contributed by atoms with Crippen LogP contribution in [0.2, 0.25) is 5.02 Å². The third kappa shape index (κ3) is 4.24. The van der Waals surface area contributed by atoms with E-state index in [-0.39, 0.29) is 5.75 Å². The number of rotatable bonds is 4. The van der Waals surface area contributed by atoms with Gasteiger partial charge in [0.2, 0.25) is 0 Å². The fourth-order valence-electron chi connectivity index (χ4n) is 4.42. The van der Waals surface area contributed by atoms with Crippen molar-refractivity contribution in [3.8, 4) is 16.9 Å². The highest BCUT2D eigenvalue weighted by atomic mass is 35.5. The van der Waals surface area contributed by atoms with E-state index in [4.69, 9.17) is 26.1 Å². The second-order valence-electron chi connectivity index (χ2n) is 9.17. The summed E-state index contributed by atoms with van der Waals surface area (Å²) in [7, 11) is 1.36. The van der Waals surface area contributed by atoms with Crippen molar-refractivity contribution < 1.29 is 19.4 Å². The Labute approximate surface area is 197 Å². The average Bonchev–Trinajstić information content (AvgIpc) is 3.08. The summed E-state index contributed by atoms with van der Waals surface area (Å²) in [6, 6.07) is 5.07. The highest BCUT2D eigenvalue weighted by molar-refractivity contribution is 7.19. The van der Waals surface area contributed by atoms with Gasteiger partial charge in [0, 0.05) is 37.7 Å². The monoisotopic (exact) mass is 473 g/mol. The summed E-state index contributed by atoms with van der Waals surface area (Å²) in [5.74, 6) is -0.441. The van der Waals surface area contributed by atoms with Crippen LogP contribution in [-0.4, -0.2) is 28.8 Å². The van der Waals surface area contributed by atoms with Crippen LogP contribution in [0.1, 0.15) is 61.4 Å². The minimum absolute atomic E-state index is 0.0563. The van der Waals surface area contributed by atoms with Gasteiger partial charge in [-0.15, -0.1) is 11.3 Å². The molecular weight excluding hydrogens is 446 g/mol. The lowest BCUT2D eigenvalue weighted by Gasteiger charge is -2.29. The molecule has 1 atom stereocenters. The summed E-state index contributed by atoms with van der Waals surface area (Å²) in [5.41, 5.74) is 3.35. The molecule has 5 nitrogen and oxygen atoms in total. The maximum absolute atomic E-state index is 13.0. The fourth-order valence-corrected chi connectivity index (χ4v) is 5.90. The normalized spacial score (nSPS) is 14.9. The quantitative estimate of drug-likeness (QED) is 0.436. The van der Waals surface area contributed by atoms with Crippen molar-refractivity contribution in [3.63, 3.8) is 0 Å². The topological polar surface area (TPSA) is 68.7 Å². The van der Waals surface area contributed by atoms with E-state index >= 15 is 0 Å². The molecule has 1 N–H and O–H groups in total. The number of aromatic hydroxyl groups is 1. The van der Waals surface area contributed by atoms with Crippen molar-refractivity contribution in [3.05, 3.63) is 44.9 Å². The standard InChI is InChI=1S/C25H28ClNO4S/c1-13-19(22(24(29)30-5)31-25(2,3)4)20(15-11-10-14(26)12-17(15)28)21-16-8-6-7-9-18(16)32-23(21)27-13/h10-12,22,28H,6-9H2,1-5H3/t22-/m0/s1. The van der Waals surface area contributed by atoms with Crippen molar-refractivity contribution in [2.45, 2.75) is 65.1 Å². The number of hydrogen-bond acceptors (Lipinski definition) is 6. The van der Waals surface area contributed by atoms with Gasteiger partial charge >= 0.3 is 5.97 Å². The van der Waals surface area contributed by atoms with Crippen LogP contribution in [0.3, 0.4) is 0 Å². The molecule has 0 bridgehead atoms. The van der Waals surface area contributed by atoms with E-state index in [9.17, 15) is 9.90 Å². The molecule has 0 aliphatic heterocycles. The third-order valence-corrected chi connectivity index (χ3v) is 7.13. The molecule has 0 saturated carbocycles. The van der Waals surface area contributed by atoms with E-state index in [1.165, 1.54) is 23.6 Å². The number of nitrogens with zero attached hydrogens (tertiary/aromatic N) is 1. The Morgan fingerprint density at radius 3 is 2.62 bits per heavy atom. The summed E-state index contributed by atoms with van der Waals surface area (Å²) < 4.78 is 11.4. The fraction of sp³-hybridized carbons (Fsp3) is 0.440. The Kier molecular flexibility index (Phi) is 6.23. The summed E-state index contributed by atoms with van der Waals surface area (Å²) in [5, 5.41) is 12.3. The number of benzene rings is 1. The SMILES string of the molecule is COC(=O)[C@@H](OC(C)(C)C)c1c(C)nc2sc3c(c2c1-c1ccc(Cl)cc1O)CCCC3. The second kappa shape index (κ2) is 8.65. The highest BCUT2D eigenvalue weighted by Gasteiger charge is 2.35. The molecule has 1 aromatic carbocycles. The average molecular weight is 474 g/mol. The van der Waals surface area contributed by atoms with E-state index in [0.717, 1.165) is 41.5 Å². The molecule has 0 spiro atoms. The molecule has 32 heavy (non-hydrogen) atoms. The number of aromatic nitrogens is 1. The van der Waals surface area contributed by atoms with E-state index in [0.29, 0.717) is 21.8 Å². The van der Waals surface area contributed by atoms with Crippen molar-refractivity contribution in [2.75, 3.05) is 7.11 Å². The number of hydrogen-bond donors (Lipinski definition) is 1. The smallest absolute Gasteiger partial charge is 0.339 e. The second-order valence-corrected chi connectivity index (χ2v) is 10.7. The Morgan fingerprint density at radius 1 is 1.25 bits per heavy atom. The minimum atomic E-state index is -0.985. The van der Waals surface area contributed by atoms with Crippen LogP contribution in [0.4, 0.5) is 0 Å². The van der Waals surface area contributed by atoms with Gasteiger partial charge in [0.05, 0.1) is 12.7 Å². The molecule has 4 rings (SSSR count). The van der Waals surface area contributed by atoms with Crippen molar-refractivity contribution in [2.24, 2.45) is 0 Å². The molecule has 1 aliphatic rings. The van der Waals surface area contributed by atoms with E-state index in [1.807, 2.05) is 27.7 Å². The Bertz CT molecular complexity index is 1200. The van der Waals surface area contributed by atoms with Crippen LogP contribution < -0.4 is 0 Å². The molecule has 0 fully saturated rings. The number of aryl methyl sites for hydroxylation is 3. The zero-order valence-corrected chi connectivity index (χ0v) is 20.6. The summed E-state index contributed by atoms with van der Waals surface area (Å²) in [6.07, 6.45) is 3.25. The molecule has 0 saturated heterocycles. The van der Waals surface area contributed by atoms with Crippen LogP contribution in [-0.2, 0) is 27.1 Å². The first kappa shape index (κ1) is 23.0. The third-order valence-electron chi connectivity index (χ3n) is 5.71. The number of phenols is 1. The van der Waals surface area contributed by atoms with Gasteiger partial charge in [0.1, 0.15) is 10.6 Å². The van der Waals surface area contributed by atoms with Crippen molar-refractivity contribution >= 4 is 39.1 Å². The number of phenolic OH excluding ortho intramolecular Hbond substituents is 1. The minimum Gasteiger partial charge on any atom is -0.507 e. The van der Waals surface area contributed by atoms with Crippen molar-refractivity contribution in [1.82, 2.24) is 4.98 Å². The molecule has 1 aliphatic carbocycles. The molecular formula is C25H28ClNO4S. The predicted molar refractivity (Wildman–Crippen MR) is 129 cm³/mol. The zero-order valence-electron chi connectivity index (χ0n) is 19.0. The molecule has 0 radical (unpaired) electrons. The number of carbonyl (C=O) groups excluding carboxylic acids is 1.